The SMILES string of the molecule is CCN1CCN(c2ccc(CNC(=O)c3cc(S(=O)(=O)NC)ccc3C)cn2)CC1. The van der Waals surface area contributed by atoms with Gasteiger partial charge in [-0.1, -0.05) is 19.1 Å². The lowest BCUT2D eigenvalue weighted by molar-refractivity contribution is 0.0950. The van der Waals surface area contributed by atoms with Crippen LogP contribution in [0.5, 0.6) is 0 Å². The van der Waals surface area contributed by atoms with Gasteiger partial charge in [-0.25, -0.2) is 18.1 Å². The summed E-state index contributed by atoms with van der Waals surface area (Å²) in [6.45, 7) is 9.34. The third-order valence-electron chi connectivity index (χ3n) is 5.44. The Kier molecular flexibility index (Phi) is 7.06. The van der Waals surface area contributed by atoms with Gasteiger partial charge in [-0.2, -0.15) is 0 Å². The van der Waals surface area contributed by atoms with Crippen molar-refractivity contribution in [3.05, 3.63) is 53.2 Å². The van der Waals surface area contributed by atoms with Gasteiger partial charge in [0.25, 0.3) is 5.91 Å². The second-order valence-electron chi connectivity index (χ2n) is 7.31. The number of aryl methyl sites for hydroxylation is 1. The van der Waals surface area contributed by atoms with E-state index >= 15 is 0 Å². The van der Waals surface area contributed by atoms with Gasteiger partial charge in [0, 0.05) is 44.5 Å². The quantitative estimate of drug-likeness (QED) is 0.688. The van der Waals surface area contributed by atoms with Crippen LogP contribution in [0, 0.1) is 6.92 Å². The van der Waals surface area contributed by atoms with Gasteiger partial charge >= 0.3 is 0 Å². The van der Waals surface area contributed by atoms with Gasteiger partial charge < -0.3 is 15.1 Å². The molecule has 1 aromatic heterocycles. The van der Waals surface area contributed by atoms with Crippen LogP contribution in [0.3, 0.4) is 0 Å². The van der Waals surface area contributed by atoms with Crippen molar-refractivity contribution in [1.82, 2.24) is 19.9 Å². The Labute approximate surface area is 178 Å². The van der Waals surface area contributed by atoms with Gasteiger partial charge in [0.2, 0.25) is 10.0 Å². The minimum absolute atomic E-state index is 0.0648. The first kappa shape index (κ1) is 22.2. The summed E-state index contributed by atoms with van der Waals surface area (Å²) in [7, 11) is -2.26. The number of rotatable bonds is 7. The zero-order valence-electron chi connectivity index (χ0n) is 17.7. The van der Waals surface area contributed by atoms with Crippen LogP contribution in [0.4, 0.5) is 5.82 Å². The second kappa shape index (κ2) is 9.55. The number of hydrogen-bond donors (Lipinski definition) is 2. The van der Waals surface area contributed by atoms with Crippen LogP contribution < -0.4 is 14.9 Å². The van der Waals surface area contributed by atoms with Crippen molar-refractivity contribution < 1.29 is 13.2 Å². The molecule has 1 amide bonds. The fraction of sp³-hybridized carbons (Fsp3) is 0.429. The maximum absolute atomic E-state index is 12.6. The average Bonchev–Trinajstić information content (AvgIpc) is 2.78. The van der Waals surface area contributed by atoms with E-state index in [4.69, 9.17) is 0 Å². The summed E-state index contributed by atoms with van der Waals surface area (Å²) in [5.74, 6) is 0.627. The average molecular weight is 432 g/mol. The second-order valence-corrected chi connectivity index (χ2v) is 9.20. The number of carbonyl (C=O) groups excluding carboxylic acids is 1. The van der Waals surface area contributed by atoms with E-state index in [1.54, 1.807) is 19.2 Å². The van der Waals surface area contributed by atoms with Crippen molar-refractivity contribution in [3.63, 3.8) is 0 Å². The molecule has 162 valence electrons. The van der Waals surface area contributed by atoms with Crippen LogP contribution in [0.15, 0.2) is 41.4 Å². The molecule has 0 saturated carbocycles. The van der Waals surface area contributed by atoms with Crippen LogP contribution in [-0.4, -0.2) is 64.0 Å². The molecule has 0 bridgehead atoms. The summed E-state index contributed by atoms with van der Waals surface area (Å²) in [5, 5.41) is 2.85. The molecule has 2 aromatic rings. The number of carbonyl (C=O) groups is 1. The third kappa shape index (κ3) is 5.16. The maximum Gasteiger partial charge on any atom is 0.251 e. The zero-order chi connectivity index (χ0) is 21.7. The summed E-state index contributed by atoms with van der Waals surface area (Å²) in [4.78, 5) is 21.9. The van der Waals surface area contributed by atoms with E-state index in [2.05, 4.69) is 31.7 Å². The molecule has 2 N–H and O–H groups in total. The number of amides is 1. The van der Waals surface area contributed by atoms with Crippen LogP contribution in [0.2, 0.25) is 0 Å². The molecule has 30 heavy (non-hydrogen) atoms. The number of piperazine rings is 1. The largest absolute Gasteiger partial charge is 0.354 e. The van der Waals surface area contributed by atoms with Gasteiger partial charge in [0.1, 0.15) is 5.82 Å². The predicted octanol–water partition coefficient (Wildman–Crippen LogP) is 1.37. The first-order valence-corrected chi connectivity index (χ1v) is 11.6. The highest BCUT2D eigenvalue weighted by molar-refractivity contribution is 7.89. The first-order chi connectivity index (χ1) is 14.3. The summed E-state index contributed by atoms with van der Waals surface area (Å²) in [6.07, 6.45) is 1.77. The van der Waals surface area contributed by atoms with E-state index < -0.39 is 10.0 Å². The van der Waals surface area contributed by atoms with Crippen molar-refractivity contribution in [2.24, 2.45) is 0 Å². The molecule has 0 unspecified atom stereocenters. The number of nitrogens with one attached hydrogen (secondary N) is 2. The van der Waals surface area contributed by atoms with Crippen molar-refractivity contribution in [3.8, 4) is 0 Å². The standard InChI is InChI=1S/C21H29N5O3S/c1-4-25-9-11-26(12-10-25)20-8-6-17(14-23-20)15-24-21(27)19-13-18(7-5-16(19)2)30(28,29)22-3/h5-8,13-14,22H,4,9-12,15H2,1-3H3,(H,24,27). The molecule has 2 heterocycles. The molecule has 1 aromatic carbocycles. The van der Waals surface area contributed by atoms with Crippen LogP contribution in [-0.2, 0) is 16.6 Å². The molecule has 0 atom stereocenters. The van der Waals surface area contributed by atoms with E-state index in [0.29, 0.717) is 17.7 Å². The molecule has 1 aliphatic rings. The van der Waals surface area contributed by atoms with E-state index in [1.807, 2.05) is 12.1 Å². The lowest BCUT2D eigenvalue weighted by atomic mass is 10.1. The number of aromatic nitrogens is 1. The third-order valence-corrected chi connectivity index (χ3v) is 6.85. The molecular weight excluding hydrogens is 402 g/mol. The van der Waals surface area contributed by atoms with Crippen molar-refractivity contribution in [1.29, 1.82) is 0 Å². The number of anilines is 1. The predicted molar refractivity (Wildman–Crippen MR) is 117 cm³/mol. The monoisotopic (exact) mass is 431 g/mol. The van der Waals surface area contributed by atoms with Gasteiger partial charge in [-0.15, -0.1) is 0 Å². The highest BCUT2D eigenvalue weighted by atomic mass is 32.2. The van der Waals surface area contributed by atoms with Gasteiger partial charge in [-0.05, 0) is 49.8 Å². The number of sulfonamides is 1. The number of likely N-dealkylation sites (N-methyl/N-ethyl adjacent to an activating group) is 1. The van der Waals surface area contributed by atoms with E-state index in [-0.39, 0.29) is 10.8 Å². The van der Waals surface area contributed by atoms with Gasteiger partial charge in [-0.3, -0.25) is 4.79 Å². The normalized spacial score (nSPS) is 15.2. The fourth-order valence-corrected chi connectivity index (χ4v) is 4.17. The van der Waals surface area contributed by atoms with Crippen LogP contribution >= 0.6 is 0 Å². The Balaban J connectivity index is 1.62. The summed E-state index contributed by atoms with van der Waals surface area (Å²) >= 11 is 0. The molecule has 0 radical (unpaired) electrons. The Bertz CT molecular complexity index is 984. The molecule has 3 rings (SSSR count). The van der Waals surface area contributed by atoms with E-state index in [0.717, 1.165) is 44.1 Å². The minimum atomic E-state index is -3.61. The van der Waals surface area contributed by atoms with Gasteiger partial charge in [0.05, 0.1) is 4.90 Å². The molecule has 9 heteroatoms. The number of pyridine rings is 1. The Morgan fingerprint density at radius 1 is 1.13 bits per heavy atom. The summed E-state index contributed by atoms with van der Waals surface area (Å²) in [5.41, 5.74) is 1.93. The van der Waals surface area contributed by atoms with E-state index in [9.17, 15) is 13.2 Å². The fourth-order valence-electron chi connectivity index (χ4n) is 3.41. The lowest BCUT2D eigenvalue weighted by Gasteiger charge is -2.34. The van der Waals surface area contributed by atoms with Gasteiger partial charge in [0.15, 0.2) is 0 Å². The Hall–Kier alpha value is -2.49. The molecule has 8 nitrogen and oxygen atoms in total. The Morgan fingerprint density at radius 3 is 2.47 bits per heavy atom. The number of benzene rings is 1. The molecule has 1 fully saturated rings. The van der Waals surface area contributed by atoms with E-state index in [1.165, 1.54) is 19.2 Å². The molecule has 1 aliphatic heterocycles. The molecule has 0 spiro atoms. The van der Waals surface area contributed by atoms with Crippen LogP contribution in [0.1, 0.15) is 28.4 Å². The number of nitrogens with zero attached hydrogens (tertiary/aromatic N) is 3. The highest BCUT2D eigenvalue weighted by Gasteiger charge is 2.18. The molecule has 1 saturated heterocycles. The van der Waals surface area contributed by atoms with Crippen molar-refractivity contribution >= 4 is 21.7 Å². The lowest BCUT2D eigenvalue weighted by Crippen LogP contribution is -2.46. The topological polar surface area (TPSA) is 94.6 Å². The summed E-state index contributed by atoms with van der Waals surface area (Å²) < 4.78 is 26.3. The minimum Gasteiger partial charge on any atom is -0.354 e. The molecular formula is C21H29N5O3S. The zero-order valence-corrected chi connectivity index (χ0v) is 18.5. The maximum atomic E-state index is 12.6. The van der Waals surface area contributed by atoms with Crippen LogP contribution in [0.25, 0.3) is 0 Å². The highest BCUT2D eigenvalue weighted by Crippen LogP contribution is 2.17. The van der Waals surface area contributed by atoms with Crippen molar-refractivity contribution in [2.45, 2.75) is 25.3 Å². The smallest absolute Gasteiger partial charge is 0.251 e. The first-order valence-electron chi connectivity index (χ1n) is 10.1. The molecule has 0 aliphatic carbocycles. The number of hydrogen-bond acceptors (Lipinski definition) is 6. The van der Waals surface area contributed by atoms with Crippen molar-refractivity contribution in [2.75, 3.05) is 44.7 Å². The Morgan fingerprint density at radius 2 is 1.87 bits per heavy atom. The summed E-state index contributed by atoms with van der Waals surface area (Å²) in [6, 6.07) is 8.46.